The molecule has 0 bridgehead atoms. The Bertz CT molecular complexity index is 1110. The molecule has 0 aliphatic carbocycles. The van der Waals surface area contributed by atoms with E-state index in [0.717, 1.165) is 12.8 Å². The Morgan fingerprint density at radius 3 is 2.68 bits per heavy atom. The van der Waals surface area contributed by atoms with Crippen LogP contribution in [0.4, 0.5) is 17.5 Å². The molecule has 150 valence electrons. The van der Waals surface area contributed by atoms with Gasteiger partial charge in [-0.1, -0.05) is 25.4 Å². The summed E-state index contributed by atoms with van der Waals surface area (Å²) in [4.78, 5) is 12.2. The smallest absolute Gasteiger partial charge is 0.231 e. The topological polar surface area (TPSA) is 109 Å². The first-order valence-corrected chi connectivity index (χ1v) is 10.9. The minimum absolute atomic E-state index is 0.168. The molecule has 0 unspecified atom stereocenters. The Morgan fingerprint density at radius 2 is 2.04 bits per heavy atom. The largest absolute Gasteiger partial charge is 0.495 e. The highest BCUT2D eigenvalue weighted by Gasteiger charge is 2.16. The van der Waals surface area contributed by atoms with Crippen molar-refractivity contribution >= 4 is 49.9 Å². The van der Waals surface area contributed by atoms with Gasteiger partial charge in [0.2, 0.25) is 5.95 Å². The number of halogens is 1. The van der Waals surface area contributed by atoms with Crippen molar-refractivity contribution in [3.8, 4) is 5.75 Å². The van der Waals surface area contributed by atoms with Crippen molar-refractivity contribution < 1.29 is 13.2 Å². The maximum Gasteiger partial charge on any atom is 0.231 e. The summed E-state index contributed by atoms with van der Waals surface area (Å²) in [6, 6.07) is 4.58. The number of aromatic amines is 1. The summed E-state index contributed by atoms with van der Waals surface area (Å²) in [5.41, 5.74) is 1.13. The summed E-state index contributed by atoms with van der Waals surface area (Å²) in [7, 11) is -1.87. The lowest BCUT2D eigenvalue weighted by Crippen LogP contribution is -2.11. The molecular formula is C18H22ClN5O3S. The number of benzene rings is 1. The zero-order chi connectivity index (χ0) is 20.5. The van der Waals surface area contributed by atoms with E-state index < -0.39 is 9.84 Å². The van der Waals surface area contributed by atoms with Gasteiger partial charge in [-0.3, -0.25) is 0 Å². The summed E-state index contributed by atoms with van der Waals surface area (Å²) >= 11 is 6.26. The summed E-state index contributed by atoms with van der Waals surface area (Å²) in [5, 5.41) is 7.62. The van der Waals surface area contributed by atoms with Gasteiger partial charge in [0.25, 0.3) is 0 Å². The van der Waals surface area contributed by atoms with Crippen molar-refractivity contribution in [2.24, 2.45) is 5.92 Å². The fourth-order valence-corrected chi connectivity index (χ4v) is 3.48. The number of sulfone groups is 1. The molecule has 1 aromatic carbocycles. The number of H-pyrrole nitrogens is 1. The fourth-order valence-electron chi connectivity index (χ4n) is 2.61. The highest BCUT2D eigenvalue weighted by atomic mass is 35.5. The van der Waals surface area contributed by atoms with E-state index in [2.05, 4.69) is 39.4 Å². The van der Waals surface area contributed by atoms with E-state index in [1.807, 2.05) is 0 Å². The molecule has 0 aliphatic heterocycles. The predicted molar refractivity (Wildman–Crippen MR) is 112 cm³/mol. The van der Waals surface area contributed by atoms with Crippen LogP contribution >= 0.6 is 11.6 Å². The van der Waals surface area contributed by atoms with Crippen LogP contribution in [0.15, 0.2) is 29.3 Å². The minimum atomic E-state index is -3.34. The third-order valence-electron chi connectivity index (χ3n) is 4.01. The fraction of sp³-hybridized carbons (Fsp3) is 0.333. The van der Waals surface area contributed by atoms with Gasteiger partial charge in [0.05, 0.1) is 28.1 Å². The molecule has 8 nitrogen and oxygen atoms in total. The van der Waals surface area contributed by atoms with Gasteiger partial charge in [0, 0.05) is 25.1 Å². The first-order chi connectivity index (χ1) is 13.2. The summed E-state index contributed by atoms with van der Waals surface area (Å²) in [6.07, 6.45) is 2.81. The molecule has 3 aromatic rings. The number of aromatic nitrogens is 3. The molecule has 0 radical (unpaired) electrons. The SMILES string of the molecule is COc1cc(S(C)(=O)=O)ccc1Nc1nc(NCC(C)C)c2c(Cl)c[nH]c2n1. The molecule has 0 spiro atoms. The number of fused-ring (bicyclic) bond motifs is 1. The number of anilines is 3. The van der Waals surface area contributed by atoms with Gasteiger partial charge < -0.3 is 20.4 Å². The number of nitrogens with zero attached hydrogens (tertiary/aromatic N) is 2. The van der Waals surface area contributed by atoms with Crippen molar-refractivity contribution in [2.75, 3.05) is 30.5 Å². The second kappa shape index (κ2) is 7.84. The maximum absolute atomic E-state index is 11.8. The number of nitrogens with one attached hydrogen (secondary N) is 3. The van der Waals surface area contributed by atoms with Crippen LogP contribution in [0.5, 0.6) is 5.75 Å². The average molecular weight is 424 g/mol. The highest BCUT2D eigenvalue weighted by Crippen LogP contribution is 2.32. The maximum atomic E-state index is 11.8. The molecule has 10 heteroatoms. The Balaban J connectivity index is 2.00. The lowest BCUT2D eigenvalue weighted by molar-refractivity contribution is 0.415. The molecule has 3 rings (SSSR count). The van der Waals surface area contributed by atoms with Gasteiger partial charge in [-0.05, 0) is 18.1 Å². The standard InChI is InChI=1S/C18H22ClN5O3S/c1-10(2)8-20-16-15-12(19)9-21-17(15)24-18(23-16)22-13-6-5-11(28(4,25)26)7-14(13)27-3/h5-7,9-10H,8H2,1-4H3,(H3,20,21,22,23,24). The Morgan fingerprint density at radius 1 is 1.29 bits per heavy atom. The monoisotopic (exact) mass is 423 g/mol. The van der Waals surface area contributed by atoms with E-state index in [0.29, 0.717) is 45.2 Å². The lowest BCUT2D eigenvalue weighted by atomic mass is 10.2. The quantitative estimate of drug-likeness (QED) is 0.529. The van der Waals surface area contributed by atoms with Gasteiger partial charge >= 0.3 is 0 Å². The summed E-state index contributed by atoms with van der Waals surface area (Å²) < 4.78 is 28.9. The van der Waals surface area contributed by atoms with Crippen LogP contribution in [0.3, 0.4) is 0 Å². The number of methoxy groups -OCH3 is 1. The number of rotatable bonds is 7. The molecule has 0 atom stereocenters. The predicted octanol–water partition coefficient (Wildman–Crippen LogP) is 3.83. The van der Waals surface area contributed by atoms with Crippen LogP contribution in [0, 0.1) is 5.92 Å². The molecule has 2 aromatic heterocycles. The normalized spacial score (nSPS) is 11.8. The van der Waals surface area contributed by atoms with Gasteiger partial charge in [0.1, 0.15) is 17.2 Å². The molecular weight excluding hydrogens is 402 g/mol. The van der Waals surface area contributed by atoms with Crippen LogP contribution in [0.1, 0.15) is 13.8 Å². The molecule has 0 saturated carbocycles. The molecule has 3 N–H and O–H groups in total. The van der Waals surface area contributed by atoms with Crippen LogP contribution in [0.25, 0.3) is 11.0 Å². The van der Waals surface area contributed by atoms with Crippen molar-refractivity contribution in [2.45, 2.75) is 18.7 Å². The average Bonchev–Trinajstić information content (AvgIpc) is 3.00. The van der Waals surface area contributed by atoms with Crippen molar-refractivity contribution in [1.82, 2.24) is 15.0 Å². The van der Waals surface area contributed by atoms with Crippen LogP contribution in [-0.4, -0.2) is 43.3 Å². The number of hydrogen-bond donors (Lipinski definition) is 3. The molecule has 28 heavy (non-hydrogen) atoms. The Labute approximate surface area is 168 Å². The first kappa shape index (κ1) is 20.2. The van der Waals surface area contributed by atoms with Gasteiger partial charge in [-0.2, -0.15) is 9.97 Å². The van der Waals surface area contributed by atoms with E-state index in [1.165, 1.54) is 19.2 Å². The summed E-state index contributed by atoms with van der Waals surface area (Å²) in [5.74, 6) is 1.72. The Kier molecular flexibility index (Phi) is 5.66. The molecule has 0 aliphatic rings. The highest BCUT2D eigenvalue weighted by molar-refractivity contribution is 7.90. The third kappa shape index (κ3) is 4.31. The van der Waals surface area contributed by atoms with E-state index in [4.69, 9.17) is 16.3 Å². The third-order valence-corrected chi connectivity index (χ3v) is 5.42. The first-order valence-electron chi connectivity index (χ1n) is 8.62. The van der Waals surface area contributed by atoms with E-state index in [-0.39, 0.29) is 4.90 Å². The molecule has 2 heterocycles. The Hall–Kier alpha value is -2.52. The van der Waals surface area contributed by atoms with Gasteiger partial charge in [-0.15, -0.1) is 0 Å². The van der Waals surface area contributed by atoms with Crippen molar-refractivity contribution in [1.29, 1.82) is 0 Å². The zero-order valence-electron chi connectivity index (χ0n) is 16.0. The second-order valence-corrected chi connectivity index (χ2v) is 9.21. The molecule has 0 amide bonds. The van der Waals surface area contributed by atoms with Crippen molar-refractivity contribution in [3.63, 3.8) is 0 Å². The lowest BCUT2D eigenvalue weighted by Gasteiger charge is -2.14. The molecule has 0 fully saturated rings. The van der Waals surface area contributed by atoms with E-state index >= 15 is 0 Å². The van der Waals surface area contributed by atoms with E-state index in [9.17, 15) is 8.42 Å². The van der Waals surface area contributed by atoms with Crippen LogP contribution in [0.2, 0.25) is 5.02 Å². The van der Waals surface area contributed by atoms with Crippen LogP contribution in [-0.2, 0) is 9.84 Å². The van der Waals surface area contributed by atoms with Crippen LogP contribution < -0.4 is 15.4 Å². The van der Waals surface area contributed by atoms with Gasteiger partial charge in [0.15, 0.2) is 9.84 Å². The van der Waals surface area contributed by atoms with Crippen molar-refractivity contribution in [3.05, 3.63) is 29.4 Å². The molecule has 0 saturated heterocycles. The number of ether oxygens (including phenoxy) is 1. The summed E-state index contributed by atoms with van der Waals surface area (Å²) in [6.45, 7) is 4.91. The van der Waals surface area contributed by atoms with E-state index in [1.54, 1.807) is 12.3 Å². The number of hydrogen-bond acceptors (Lipinski definition) is 7. The second-order valence-electron chi connectivity index (χ2n) is 6.79. The van der Waals surface area contributed by atoms with Gasteiger partial charge in [-0.25, -0.2) is 8.42 Å². The zero-order valence-corrected chi connectivity index (χ0v) is 17.6. The minimum Gasteiger partial charge on any atom is -0.495 e.